The van der Waals surface area contributed by atoms with Crippen molar-refractivity contribution in [3.05, 3.63) is 54.1 Å². The summed E-state index contributed by atoms with van der Waals surface area (Å²) in [5.74, 6) is 0.730. The summed E-state index contributed by atoms with van der Waals surface area (Å²) >= 11 is 6.06. The number of carbonyl (C=O) groups is 1. The van der Waals surface area contributed by atoms with Gasteiger partial charge in [-0.2, -0.15) is 0 Å². The topological polar surface area (TPSA) is 84.9 Å². The number of hydrogen-bond donors (Lipinski definition) is 1. The van der Waals surface area contributed by atoms with Crippen molar-refractivity contribution in [3.8, 4) is 11.5 Å². The Morgan fingerprint density at radius 3 is 2.67 bits per heavy atom. The number of methoxy groups -OCH3 is 1. The summed E-state index contributed by atoms with van der Waals surface area (Å²) in [5, 5.41) is 0.181. The Labute approximate surface area is 181 Å². The minimum absolute atomic E-state index is 0.0142. The van der Waals surface area contributed by atoms with Crippen molar-refractivity contribution in [2.45, 2.75) is 18.7 Å². The van der Waals surface area contributed by atoms with Crippen LogP contribution in [0.15, 0.2) is 53.9 Å². The lowest BCUT2D eigenvalue weighted by Gasteiger charge is -2.27. The first-order valence-electron chi connectivity index (χ1n) is 9.15. The molecule has 0 aromatic heterocycles. The molecule has 2 aromatic carbocycles. The molecule has 1 aliphatic heterocycles. The van der Waals surface area contributed by atoms with E-state index in [0.29, 0.717) is 17.2 Å². The van der Waals surface area contributed by atoms with Crippen molar-refractivity contribution < 1.29 is 22.7 Å². The average Bonchev–Trinajstić information content (AvgIpc) is 2.78. The van der Waals surface area contributed by atoms with Crippen molar-refractivity contribution in [2.24, 2.45) is 5.41 Å². The van der Waals surface area contributed by atoms with Gasteiger partial charge in [0.2, 0.25) is 5.91 Å². The minimum Gasteiger partial charge on any atom is -0.495 e. The number of nitrogens with one attached hydrogen (secondary N) is 1. The van der Waals surface area contributed by atoms with Gasteiger partial charge in [0.15, 0.2) is 0 Å². The Balaban J connectivity index is 1.98. The van der Waals surface area contributed by atoms with Crippen LogP contribution in [0.2, 0.25) is 5.02 Å². The van der Waals surface area contributed by atoms with E-state index in [-0.39, 0.29) is 34.7 Å². The molecule has 7 nitrogen and oxygen atoms in total. The molecule has 0 fully saturated rings. The summed E-state index contributed by atoms with van der Waals surface area (Å²) in [5.41, 5.74) is 0.0194. The van der Waals surface area contributed by atoms with Gasteiger partial charge in [-0.1, -0.05) is 17.7 Å². The minimum atomic E-state index is -3.92. The monoisotopic (exact) mass is 450 g/mol. The van der Waals surface area contributed by atoms with Crippen LogP contribution >= 0.6 is 11.6 Å². The van der Waals surface area contributed by atoms with Crippen LogP contribution in [-0.2, 0) is 14.8 Å². The molecule has 0 aliphatic carbocycles. The van der Waals surface area contributed by atoms with Crippen LogP contribution in [0.5, 0.6) is 11.5 Å². The van der Waals surface area contributed by atoms with Gasteiger partial charge in [-0.25, -0.2) is 8.42 Å². The summed E-state index contributed by atoms with van der Waals surface area (Å²) < 4.78 is 39.0. The third-order valence-electron chi connectivity index (χ3n) is 4.66. The Hall–Kier alpha value is -2.71. The maximum Gasteiger partial charge on any atom is 0.261 e. The second-order valence-electron chi connectivity index (χ2n) is 7.46. The number of sulfonamides is 1. The molecule has 0 saturated carbocycles. The van der Waals surface area contributed by atoms with Crippen molar-refractivity contribution in [1.82, 2.24) is 0 Å². The van der Waals surface area contributed by atoms with E-state index in [1.165, 1.54) is 30.2 Å². The molecule has 0 spiro atoms. The third-order valence-corrected chi connectivity index (χ3v) is 6.33. The van der Waals surface area contributed by atoms with Crippen LogP contribution < -0.4 is 19.1 Å². The Morgan fingerprint density at radius 2 is 2.03 bits per heavy atom. The van der Waals surface area contributed by atoms with Crippen molar-refractivity contribution in [3.63, 3.8) is 0 Å². The van der Waals surface area contributed by atoms with Crippen LogP contribution in [0.3, 0.4) is 0 Å². The third kappa shape index (κ3) is 4.24. The number of halogens is 1. The van der Waals surface area contributed by atoms with Crippen LogP contribution in [0.4, 0.5) is 11.4 Å². The molecule has 1 N–H and O–H groups in total. The molecule has 0 saturated heterocycles. The standard InChI is InChI=1S/C21H23ClN2O5S/c1-5-10-24-17-11-14(6-8-19(17)29-13-21(2,3)20(24)25)23-30(26,27)15-7-9-18(28-4)16(22)12-15/h5-9,11-12,23H,1,10,13H2,2-4H3. The SMILES string of the molecule is C=CCN1C(=O)C(C)(C)COc2ccc(NS(=O)(=O)c3ccc(OC)c(Cl)c3)cc21. The number of benzene rings is 2. The number of amides is 1. The first kappa shape index (κ1) is 22.0. The summed E-state index contributed by atoms with van der Waals surface area (Å²) in [6, 6.07) is 8.98. The summed E-state index contributed by atoms with van der Waals surface area (Å²) in [4.78, 5) is 14.5. The van der Waals surface area contributed by atoms with Crippen LogP contribution in [0.25, 0.3) is 0 Å². The molecular formula is C21H23ClN2O5S. The predicted molar refractivity (Wildman–Crippen MR) is 117 cm³/mol. The van der Waals surface area contributed by atoms with Crippen molar-refractivity contribution >= 4 is 38.9 Å². The molecule has 1 amide bonds. The second-order valence-corrected chi connectivity index (χ2v) is 9.55. The molecule has 1 heterocycles. The van der Waals surface area contributed by atoms with Gasteiger partial charge in [-0.15, -0.1) is 6.58 Å². The maximum absolute atomic E-state index is 13.0. The lowest BCUT2D eigenvalue weighted by Crippen LogP contribution is -2.42. The van der Waals surface area contributed by atoms with Crippen LogP contribution in [0, 0.1) is 5.41 Å². The number of ether oxygens (including phenoxy) is 2. The van der Waals surface area contributed by atoms with Gasteiger partial charge in [0.05, 0.1) is 33.8 Å². The van der Waals surface area contributed by atoms with Crippen molar-refractivity contribution in [2.75, 3.05) is 29.9 Å². The molecular weight excluding hydrogens is 428 g/mol. The number of hydrogen-bond acceptors (Lipinski definition) is 5. The molecule has 3 rings (SSSR count). The van der Waals surface area contributed by atoms with E-state index in [9.17, 15) is 13.2 Å². The van der Waals surface area contributed by atoms with Crippen molar-refractivity contribution in [1.29, 1.82) is 0 Å². The zero-order chi connectivity index (χ0) is 22.1. The Kier molecular flexibility index (Phi) is 6.01. The fourth-order valence-corrected chi connectivity index (χ4v) is 4.44. The van der Waals surface area contributed by atoms with E-state index >= 15 is 0 Å². The Morgan fingerprint density at radius 1 is 1.30 bits per heavy atom. The maximum atomic E-state index is 13.0. The van der Waals surface area contributed by atoms with Gasteiger partial charge in [0, 0.05) is 6.54 Å². The molecule has 1 aliphatic rings. The molecule has 0 radical (unpaired) electrons. The zero-order valence-electron chi connectivity index (χ0n) is 16.9. The highest BCUT2D eigenvalue weighted by Gasteiger charge is 2.37. The molecule has 0 bridgehead atoms. The average molecular weight is 451 g/mol. The Bertz CT molecular complexity index is 1100. The van der Waals surface area contributed by atoms with E-state index in [1.807, 2.05) is 0 Å². The van der Waals surface area contributed by atoms with E-state index in [2.05, 4.69) is 11.3 Å². The summed E-state index contributed by atoms with van der Waals surface area (Å²) in [6.07, 6.45) is 1.61. The molecule has 160 valence electrons. The fraction of sp³-hybridized carbons (Fsp3) is 0.286. The highest BCUT2D eigenvalue weighted by Crippen LogP contribution is 2.38. The largest absolute Gasteiger partial charge is 0.495 e. The van der Waals surface area contributed by atoms with Gasteiger partial charge in [0.1, 0.15) is 18.1 Å². The fourth-order valence-electron chi connectivity index (χ4n) is 3.05. The number of rotatable bonds is 6. The lowest BCUT2D eigenvalue weighted by molar-refractivity contribution is -0.127. The van der Waals surface area contributed by atoms with Gasteiger partial charge in [-0.05, 0) is 50.2 Å². The van der Waals surface area contributed by atoms with Gasteiger partial charge < -0.3 is 14.4 Å². The summed E-state index contributed by atoms with van der Waals surface area (Å²) in [7, 11) is -2.47. The first-order valence-corrected chi connectivity index (χ1v) is 11.0. The lowest BCUT2D eigenvalue weighted by atomic mass is 9.93. The van der Waals surface area contributed by atoms with Crippen LogP contribution in [0.1, 0.15) is 13.8 Å². The van der Waals surface area contributed by atoms with Gasteiger partial charge in [0.25, 0.3) is 10.0 Å². The van der Waals surface area contributed by atoms with Gasteiger partial charge >= 0.3 is 0 Å². The van der Waals surface area contributed by atoms with E-state index < -0.39 is 15.4 Å². The number of nitrogens with zero attached hydrogens (tertiary/aromatic N) is 1. The highest BCUT2D eigenvalue weighted by atomic mass is 35.5. The number of anilines is 2. The molecule has 9 heteroatoms. The quantitative estimate of drug-likeness (QED) is 0.670. The second kappa shape index (κ2) is 8.20. The first-order chi connectivity index (χ1) is 14.1. The highest BCUT2D eigenvalue weighted by molar-refractivity contribution is 7.92. The number of fused-ring (bicyclic) bond motifs is 1. The molecule has 30 heavy (non-hydrogen) atoms. The molecule has 0 atom stereocenters. The van der Waals surface area contributed by atoms with Crippen LogP contribution in [-0.4, -0.2) is 34.6 Å². The normalized spacial score (nSPS) is 15.6. The predicted octanol–water partition coefficient (Wildman–Crippen LogP) is 4.09. The van der Waals surface area contributed by atoms with Gasteiger partial charge in [-0.3, -0.25) is 9.52 Å². The zero-order valence-corrected chi connectivity index (χ0v) is 18.5. The smallest absolute Gasteiger partial charge is 0.261 e. The van der Waals surface area contributed by atoms with E-state index in [4.69, 9.17) is 21.1 Å². The van der Waals surface area contributed by atoms with E-state index in [0.717, 1.165) is 0 Å². The van der Waals surface area contributed by atoms with E-state index in [1.54, 1.807) is 38.1 Å². The molecule has 2 aromatic rings. The summed E-state index contributed by atoms with van der Waals surface area (Å²) in [6.45, 7) is 7.79. The molecule has 0 unspecified atom stereocenters. The number of carbonyl (C=O) groups excluding carboxylic acids is 1.